The van der Waals surface area contributed by atoms with Crippen molar-refractivity contribution >= 4 is 11.6 Å². The summed E-state index contributed by atoms with van der Waals surface area (Å²) in [6.45, 7) is 0.800. The first-order valence-corrected chi connectivity index (χ1v) is 6.57. The van der Waals surface area contributed by atoms with Crippen LogP contribution in [0.2, 0.25) is 0 Å². The molecule has 0 bridgehead atoms. The number of hydrogen-bond donors (Lipinski definition) is 3. The zero-order chi connectivity index (χ0) is 13.2. The first-order valence-electron chi connectivity index (χ1n) is 6.57. The largest absolute Gasteiger partial charge is 0.490 e. The Morgan fingerprint density at radius 1 is 1.32 bits per heavy atom. The summed E-state index contributed by atoms with van der Waals surface area (Å²) in [5.74, 6) is 7.78. The molecule has 1 aliphatic heterocycles. The molecule has 19 heavy (non-hydrogen) atoms. The van der Waals surface area contributed by atoms with Crippen LogP contribution in [0.4, 0.5) is 11.6 Å². The summed E-state index contributed by atoms with van der Waals surface area (Å²) in [5, 5.41) is 3.41. The van der Waals surface area contributed by atoms with E-state index in [-0.39, 0.29) is 12.1 Å². The number of nitrogens with zero attached hydrogens (tertiary/aromatic N) is 2. The quantitative estimate of drug-likeness (QED) is 0.534. The summed E-state index contributed by atoms with van der Waals surface area (Å²) < 4.78 is 11.1. The second kappa shape index (κ2) is 5.18. The van der Waals surface area contributed by atoms with Crippen LogP contribution in [-0.4, -0.2) is 35.8 Å². The first-order chi connectivity index (χ1) is 9.33. The third-order valence-corrected chi connectivity index (χ3v) is 3.69. The van der Waals surface area contributed by atoms with Crippen LogP contribution in [0.15, 0.2) is 6.33 Å². The molecule has 7 nitrogen and oxygen atoms in total. The van der Waals surface area contributed by atoms with E-state index in [0.29, 0.717) is 23.3 Å². The lowest BCUT2D eigenvalue weighted by molar-refractivity contribution is 0.0897. The minimum Gasteiger partial charge on any atom is -0.490 e. The Morgan fingerprint density at radius 3 is 2.79 bits per heavy atom. The van der Waals surface area contributed by atoms with Gasteiger partial charge in [-0.25, -0.2) is 15.8 Å². The van der Waals surface area contributed by atoms with Crippen molar-refractivity contribution in [2.24, 2.45) is 11.8 Å². The molecule has 0 radical (unpaired) electrons. The fraction of sp³-hybridized carbons (Fsp3) is 0.667. The topological polar surface area (TPSA) is 94.3 Å². The van der Waals surface area contributed by atoms with Crippen molar-refractivity contribution in [2.45, 2.75) is 31.4 Å². The van der Waals surface area contributed by atoms with Gasteiger partial charge in [-0.1, -0.05) is 0 Å². The molecular formula is C12H19N5O2. The smallest absolute Gasteiger partial charge is 0.205 e. The van der Waals surface area contributed by atoms with Gasteiger partial charge < -0.3 is 20.2 Å². The van der Waals surface area contributed by atoms with Crippen LogP contribution in [0.3, 0.4) is 0 Å². The Bertz CT molecular complexity index is 452. The van der Waals surface area contributed by atoms with Gasteiger partial charge in [0, 0.05) is 6.61 Å². The summed E-state index contributed by atoms with van der Waals surface area (Å²) in [7, 11) is 1.58. The third-order valence-electron chi connectivity index (χ3n) is 3.69. The molecule has 1 aromatic heterocycles. The lowest BCUT2D eigenvalue weighted by Gasteiger charge is -2.21. The third kappa shape index (κ3) is 2.43. The van der Waals surface area contributed by atoms with Crippen LogP contribution >= 0.6 is 0 Å². The lowest BCUT2D eigenvalue weighted by atomic mass is 10.1. The number of nitrogens with two attached hydrogens (primary N) is 1. The summed E-state index contributed by atoms with van der Waals surface area (Å²) >= 11 is 0. The van der Waals surface area contributed by atoms with Crippen LogP contribution < -0.4 is 21.3 Å². The molecule has 0 aromatic carbocycles. The van der Waals surface area contributed by atoms with Gasteiger partial charge in [0.25, 0.3) is 0 Å². The molecule has 2 atom stereocenters. The van der Waals surface area contributed by atoms with E-state index in [4.69, 9.17) is 15.3 Å². The number of methoxy groups -OCH3 is 1. The van der Waals surface area contributed by atoms with E-state index in [2.05, 4.69) is 20.7 Å². The van der Waals surface area contributed by atoms with Crippen LogP contribution in [0.25, 0.3) is 0 Å². The van der Waals surface area contributed by atoms with Crippen LogP contribution in [0, 0.1) is 5.92 Å². The number of hydrogen-bond acceptors (Lipinski definition) is 7. The molecule has 1 aliphatic carbocycles. The molecule has 3 rings (SSSR count). The Hall–Kier alpha value is -1.60. The molecule has 104 valence electrons. The fourth-order valence-electron chi connectivity index (χ4n) is 2.60. The van der Waals surface area contributed by atoms with Crippen LogP contribution in [0.1, 0.15) is 19.3 Å². The molecule has 0 amide bonds. The van der Waals surface area contributed by atoms with Gasteiger partial charge in [0.05, 0.1) is 19.3 Å². The highest BCUT2D eigenvalue weighted by atomic mass is 16.5. The molecule has 0 spiro atoms. The van der Waals surface area contributed by atoms with Gasteiger partial charge in [-0.05, 0) is 25.2 Å². The maximum Gasteiger partial charge on any atom is 0.205 e. The molecule has 2 fully saturated rings. The molecule has 2 unspecified atom stereocenters. The maximum absolute atomic E-state index is 5.80. The molecule has 1 saturated heterocycles. The zero-order valence-electron chi connectivity index (χ0n) is 10.9. The highest BCUT2D eigenvalue weighted by Gasteiger charge is 2.41. The van der Waals surface area contributed by atoms with Gasteiger partial charge in [-0.2, -0.15) is 0 Å². The maximum atomic E-state index is 5.80. The van der Waals surface area contributed by atoms with Gasteiger partial charge in [0.2, 0.25) is 5.75 Å². The number of aromatic nitrogens is 2. The van der Waals surface area contributed by atoms with Crippen molar-refractivity contribution in [3.63, 3.8) is 0 Å². The number of rotatable bonds is 5. The number of hydrazine groups is 1. The second-order valence-corrected chi connectivity index (χ2v) is 4.96. The van der Waals surface area contributed by atoms with Crippen LogP contribution in [0.5, 0.6) is 5.75 Å². The fourth-order valence-corrected chi connectivity index (χ4v) is 2.60. The van der Waals surface area contributed by atoms with Crippen molar-refractivity contribution in [1.82, 2.24) is 9.97 Å². The van der Waals surface area contributed by atoms with Crippen molar-refractivity contribution in [2.75, 3.05) is 24.5 Å². The molecule has 1 saturated carbocycles. The predicted octanol–water partition coefficient (Wildman–Crippen LogP) is 0.750. The summed E-state index contributed by atoms with van der Waals surface area (Å²) in [6.07, 6.45) is 5.26. The van der Waals surface area contributed by atoms with Gasteiger partial charge in [-0.3, -0.25) is 0 Å². The van der Waals surface area contributed by atoms with Gasteiger partial charge >= 0.3 is 0 Å². The summed E-state index contributed by atoms with van der Waals surface area (Å²) in [5.41, 5.74) is 2.51. The first kappa shape index (κ1) is 12.4. The Kier molecular flexibility index (Phi) is 3.39. The standard InChI is InChI=1S/C12H19N5O2/c1-18-10-11(14-6-15-12(10)17-13)16-8-4-5-19-9(8)7-2-3-7/h6-9H,2-5,13H2,1H3,(H2,14,15,16,17). The molecule has 7 heteroatoms. The van der Waals surface area contributed by atoms with E-state index in [1.165, 1.54) is 19.2 Å². The second-order valence-electron chi connectivity index (χ2n) is 4.96. The van der Waals surface area contributed by atoms with Crippen LogP contribution in [-0.2, 0) is 4.74 Å². The minimum atomic E-state index is 0.280. The van der Waals surface area contributed by atoms with E-state index >= 15 is 0 Å². The Morgan fingerprint density at radius 2 is 2.11 bits per heavy atom. The molecule has 1 aromatic rings. The van der Waals surface area contributed by atoms with Crippen molar-refractivity contribution in [1.29, 1.82) is 0 Å². The molecule has 2 aliphatic rings. The van der Waals surface area contributed by atoms with E-state index in [9.17, 15) is 0 Å². The van der Waals surface area contributed by atoms with Gasteiger partial charge in [-0.15, -0.1) is 0 Å². The molecular weight excluding hydrogens is 246 g/mol. The van der Waals surface area contributed by atoms with Crippen molar-refractivity contribution < 1.29 is 9.47 Å². The van der Waals surface area contributed by atoms with E-state index in [1.54, 1.807) is 7.11 Å². The van der Waals surface area contributed by atoms with E-state index in [1.807, 2.05) is 0 Å². The van der Waals surface area contributed by atoms with Crippen molar-refractivity contribution in [3.05, 3.63) is 6.33 Å². The van der Waals surface area contributed by atoms with E-state index in [0.717, 1.165) is 13.0 Å². The summed E-state index contributed by atoms with van der Waals surface area (Å²) in [4.78, 5) is 8.26. The number of ether oxygens (including phenoxy) is 2. The zero-order valence-corrected chi connectivity index (χ0v) is 10.9. The van der Waals surface area contributed by atoms with E-state index < -0.39 is 0 Å². The number of nitrogen functional groups attached to an aromatic ring is 1. The Balaban J connectivity index is 1.78. The normalized spacial score (nSPS) is 26.2. The highest BCUT2D eigenvalue weighted by Crippen LogP contribution is 2.40. The van der Waals surface area contributed by atoms with Gasteiger partial charge in [0.1, 0.15) is 6.33 Å². The average Bonchev–Trinajstić information content (AvgIpc) is 3.19. The monoisotopic (exact) mass is 265 g/mol. The molecule has 2 heterocycles. The number of nitrogens with one attached hydrogen (secondary N) is 2. The molecule has 4 N–H and O–H groups in total. The van der Waals surface area contributed by atoms with Crippen molar-refractivity contribution in [3.8, 4) is 5.75 Å². The minimum absolute atomic E-state index is 0.280. The lowest BCUT2D eigenvalue weighted by Crippen LogP contribution is -2.31. The highest BCUT2D eigenvalue weighted by molar-refractivity contribution is 5.63. The predicted molar refractivity (Wildman–Crippen MR) is 70.9 cm³/mol. The van der Waals surface area contributed by atoms with Gasteiger partial charge in [0.15, 0.2) is 11.6 Å². The summed E-state index contributed by atoms with van der Waals surface area (Å²) in [6, 6.07) is 0.280. The Labute approximate surface area is 111 Å². The SMILES string of the molecule is COc1c(NN)ncnc1NC1CCOC1C1CC1. The average molecular weight is 265 g/mol. The number of anilines is 2.